The van der Waals surface area contributed by atoms with Crippen molar-refractivity contribution in [1.82, 2.24) is 5.32 Å². The van der Waals surface area contributed by atoms with Crippen LogP contribution in [0.15, 0.2) is 18.2 Å². The molecule has 1 aliphatic heterocycles. The molecular weight excluding hydrogens is 280 g/mol. The van der Waals surface area contributed by atoms with Gasteiger partial charge >= 0.3 is 0 Å². The minimum absolute atomic E-state index is 0.0678. The van der Waals surface area contributed by atoms with E-state index in [9.17, 15) is 4.79 Å². The van der Waals surface area contributed by atoms with Gasteiger partial charge in [-0.2, -0.15) is 0 Å². The molecule has 122 valence electrons. The summed E-state index contributed by atoms with van der Waals surface area (Å²) in [5, 5.41) is 3.43. The Morgan fingerprint density at radius 2 is 2.23 bits per heavy atom. The average molecular weight is 306 g/mol. The third-order valence-corrected chi connectivity index (χ3v) is 3.70. The smallest absolute Gasteiger partial charge is 0.220 e. The molecule has 5 nitrogen and oxygen atoms in total. The van der Waals surface area contributed by atoms with Gasteiger partial charge in [-0.1, -0.05) is 6.07 Å². The molecule has 1 aromatic carbocycles. The topological polar surface area (TPSA) is 73.6 Å². The third kappa shape index (κ3) is 4.91. The van der Waals surface area contributed by atoms with Crippen LogP contribution >= 0.6 is 0 Å². The zero-order valence-corrected chi connectivity index (χ0v) is 13.4. The Kier molecular flexibility index (Phi) is 6.07. The van der Waals surface area contributed by atoms with Crippen molar-refractivity contribution in [2.45, 2.75) is 45.1 Å². The third-order valence-electron chi connectivity index (χ3n) is 3.70. The van der Waals surface area contributed by atoms with Gasteiger partial charge in [-0.25, -0.2) is 0 Å². The number of carbonyl (C=O) groups is 1. The van der Waals surface area contributed by atoms with Crippen molar-refractivity contribution in [1.29, 1.82) is 0 Å². The van der Waals surface area contributed by atoms with E-state index < -0.39 is 0 Å². The van der Waals surface area contributed by atoms with Crippen LogP contribution in [0.25, 0.3) is 0 Å². The number of benzene rings is 1. The fourth-order valence-electron chi connectivity index (χ4n) is 2.64. The predicted molar refractivity (Wildman–Crippen MR) is 86.4 cm³/mol. The highest BCUT2D eigenvalue weighted by molar-refractivity contribution is 5.73. The zero-order chi connectivity index (χ0) is 15.9. The Labute approximate surface area is 132 Å². The van der Waals surface area contributed by atoms with Gasteiger partial charge in [-0.05, 0) is 56.8 Å². The molecule has 1 heterocycles. The van der Waals surface area contributed by atoms with E-state index in [-0.39, 0.29) is 25.0 Å². The zero-order valence-electron chi connectivity index (χ0n) is 13.4. The lowest BCUT2D eigenvalue weighted by Gasteiger charge is -2.24. The van der Waals surface area contributed by atoms with Gasteiger partial charge in [0.2, 0.25) is 5.91 Å². The first-order valence-electron chi connectivity index (χ1n) is 7.98. The van der Waals surface area contributed by atoms with Gasteiger partial charge < -0.3 is 20.5 Å². The number of primary amides is 1. The fourth-order valence-corrected chi connectivity index (χ4v) is 2.64. The summed E-state index contributed by atoms with van der Waals surface area (Å²) in [5.74, 6) is 1.56. The summed E-state index contributed by atoms with van der Waals surface area (Å²) < 4.78 is 11.5. The van der Waals surface area contributed by atoms with E-state index in [1.54, 1.807) is 0 Å². The van der Waals surface area contributed by atoms with Crippen LogP contribution in [0, 0.1) is 0 Å². The second-order valence-electron chi connectivity index (χ2n) is 5.98. The first-order valence-corrected chi connectivity index (χ1v) is 7.98. The number of nitrogens with one attached hydrogen (secondary N) is 1. The van der Waals surface area contributed by atoms with Crippen molar-refractivity contribution >= 4 is 5.91 Å². The largest absolute Gasteiger partial charge is 0.489 e. The molecule has 0 aromatic heterocycles. The molecule has 1 saturated heterocycles. The minimum atomic E-state index is -0.365. The summed E-state index contributed by atoms with van der Waals surface area (Å²) in [6, 6.07) is 6.09. The summed E-state index contributed by atoms with van der Waals surface area (Å²) in [7, 11) is 0. The van der Waals surface area contributed by atoms with Gasteiger partial charge in [0, 0.05) is 6.54 Å². The van der Waals surface area contributed by atoms with Crippen LogP contribution in [0.3, 0.4) is 0 Å². The average Bonchev–Trinajstić information content (AvgIpc) is 2.48. The van der Waals surface area contributed by atoms with E-state index in [1.807, 2.05) is 19.9 Å². The number of piperidine rings is 1. The van der Waals surface area contributed by atoms with Gasteiger partial charge in [0.1, 0.15) is 0 Å². The molecule has 3 N–H and O–H groups in total. The highest BCUT2D eigenvalue weighted by Gasteiger charge is 2.18. The molecule has 22 heavy (non-hydrogen) atoms. The molecule has 0 radical (unpaired) electrons. The van der Waals surface area contributed by atoms with E-state index in [0.717, 1.165) is 18.8 Å². The van der Waals surface area contributed by atoms with E-state index in [0.29, 0.717) is 11.7 Å². The van der Waals surface area contributed by atoms with Crippen LogP contribution in [0.5, 0.6) is 11.5 Å². The number of rotatable bonds is 7. The number of ether oxygens (including phenoxy) is 2. The van der Waals surface area contributed by atoms with Crippen LogP contribution in [0.4, 0.5) is 0 Å². The molecule has 2 rings (SSSR count). The Balaban J connectivity index is 2.12. The maximum Gasteiger partial charge on any atom is 0.220 e. The Morgan fingerprint density at radius 3 is 2.86 bits per heavy atom. The molecule has 1 aliphatic rings. The molecule has 0 aliphatic carbocycles. The van der Waals surface area contributed by atoms with Crippen LogP contribution in [0.2, 0.25) is 0 Å². The first kappa shape index (κ1) is 16.6. The quantitative estimate of drug-likeness (QED) is 0.810. The van der Waals surface area contributed by atoms with Gasteiger partial charge in [0.25, 0.3) is 0 Å². The maximum atomic E-state index is 10.8. The van der Waals surface area contributed by atoms with Crippen molar-refractivity contribution in [2.24, 2.45) is 5.73 Å². The molecule has 5 heteroatoms. The number of nitrogens with two attached hydrogens (primary N) is 1. The predicted octanol–water partition coefficient (Wildman–Crippen LogP) is 2.19. The standard InChI is InChI=1S/C17H26N2O3/c1-12(2)22-16-10-13(14-4-3-8-19-11-14)5-6-15(16)21-9-7-17(18)20/h5-6,10,12,14,19H,3-4,7-9,11H2,1-2H3,(H2,18,20). The van der Waals surface area contributed by atoms with E-state index in [2.05, 4.69) is 17.4 Å². The highest BCUT2D eigenvalue weighted by Crippen LogP contribution is 2.34. The number of hydrogen-bond donors (Lipinski definition) is 2. The molecule has 1 aromatic rings. The number of hydrogen-bond acceptors (Lipinski definition) is 4. The second-order valence-corrected chi connectivity index (χ2v) is 5.98. The van der Waals surface area contributed by atoms with Crippen LogP contribution in [-0.2, 0) is 4.79 Å². The summed E-state index contributed by atoms with van der Waals surface area (Å²) in [4.78, 5) is 10.8. The molecule has 1 unspecified atom stereocenters. The summed E-state index contributed by atoms with van der Waals surface area (Å²) >= 11 is 0. The van der Waals surface area contributed by atoms with E-state index in [1.165, 1.54) is 18.4 Å². The van der Waals surface area contributed by atoms with Crippen LogP contribution in [-0.4, -0.2) is 31.7 Å². The Hall–Kier alpha value is -1.75. The number of carbonyl (C=O) groups excluding carboxylic acids is 1. The summed E-state index contributed by atoms with van der Waals surface area (Å²) in [5.41, 5.74) is 6.41. The lowest BCUT2D eigenvalue weighted by Crippen LogP contribution is -2.28. The van der Waals surface area contributed by atoms with Gasteiger partial charge in [-0.3, -0.25) is 4.79 Å². The SMILES string of the molecule is CC(C)Oc1cc(C2CCCNC2)ccc1OCCC(N)=O. The highest BCUT2D eigenvalue weighted by atomic mass is 16.5. The lowest BCUT2D eigenvalue weighted by atomic mass is 9.91. The van der Waals surface area contributed by atoms with Gasteiger partial charge in [-0.15, -0.1) is 0 Å². The molecule has 1 atom stereocenters. The Bertz CT molecular complexity index is 497. The summed E-state index contributed by atoms with van der Waals surface area (Å²) in [6.45, 7) is 6.35. The van der Waals surface area contributed by atoms with Crippen molar-refractivity contribution in [3.63, 3.8) is 0 Å². The molecule has 0 saturated carbocycles. The van der Waals surface area contributed by atoms with Crippen molar-refractivity contribution < 1.29 is 14.3 Å². The van der Waals surface area contributed by atoms with Crippen LogP contribution < -0.4 is 20.5 Å². The maximum absolute atomic E-state index is 10.8. The summed E-state index contributed by atoms with van der Waals surface area (Å²) in [6.07, 6.45) is 2.66. The Morgan fingerprint density at radius 1 is 1.41 bits per heavy atom. The monoisotopic (exact) mass is 306 g/mol. The second kappa shape index (κ2) is 8.03. The van der Waals surface area contributed by atoms with Gasteiger partial charge in [0.05, 0.1) is 19.1 Å². The molecular formula is C17H26N2O3. The van der Waals surface area contributed by atoms with Crippen molar-refractivity contribution in [3.05, 3.63) is 23.8 Å². The molecule has 0 bridgehead atoms. The van der Waals surface area contributed by atoms with Crippen molar-refractivity contribution in [3.8, 4) is 11.5 Å². The molecule has 1 amide bonds. The first-order chi connectivity index (χ1) is 10.6. The number of amides is 1. The van der Waals surface area contributed by atoms with E-state index in [4.69, 9.17) is 15.2 Å². The lowest BCUT2D eigenvalue weighted by molar-refractivity contribution is -0.118. The molecule has 1 fully saturated rings. The minimum Gasteiger partial charge on any atom is -0.489 e. The van der Waals surface area contributed by atoms with Crippen molar-refractivity contribution in [2.75, 3.05) is 19.7 Å². The fraction of sp³-hybridized carbons (Fsp3) is 0.588. The van der Waals surface area contributed by atoms with Crippen LogP contribution in [0.1, 0.15) is 44.6 Å². The van der Waals surface area contributed by atoms with E-state index >= 15 is 0 Å². The molecule has 0 spiro atoms. The van der Waals surface area contributed by atoms with Gasteiger partial charge in [0.15, 0.2) is 11.5 Å². The normalized spacial score (nSPS) is 18.2.